The van der Waals surface area contributed by atoms with Crippen LogP contribution < -0.4 is 5.32 Å². The van der Waals surface area contributed by atoms with Crippen molar-refractivity contribution in [3.05, 3.63) is 74.9 Å². The van der Waals surface area contributed by atoms with Gasteiger partial charge in [-0.1, -0.05) is 65.2 Å². The van der Waals surface area contributed by atoms with Crippen LogP contribution in [0.15, 0.2) is 53.7 Å². The SMILES string of the molecule is Cc1ccc(-c2nc3n(n2)C(c2cccc(Cl)c2Cl)C2=C(CCCC2=O)N3)cc1. The highest BCUT2D eigenvalue weighted by Gasteiger charge is 2.38. The highest BCUT2D eigenvalue weighted by atomic mass is 35.5. The number of benzene rings is 2. The van der Waals surface area contributed by atoms with E-state index in [1.165, 1.54) is 5.56 Å². The van der Waals surface area contributed by atoms with E-state index in [9.17, 15) is 4.79 Å². The molecule has 0 fully saturated rings. The summed E-state index contributed by atoms with van der Waals surface area (Å²) >= 11 is 12.9. The second-order valence-corrected chi connectivity index (χ2v) is 8.19. The first-order valence-electron chi connectivity index (χ1n) is 9.53. The molecule has 3 aromatic rings. The Kier molecular flexibility index (Phi) is 4.45. The summed E-state index contributed by atoms with van der Waals surface area (Å²) in [6, 6.07) is 13.1. The minimum absolute atomic E-state index is 0.109. The first-order chi connectivity index (χ1) is 14.0. The second kappa shape index (κ2) is 7.01. The fourth-order valence-electron chi connectivity index (χ4n) is 4.00. The van der Waals surface area contributed by atoms with Gasteiger partial charge in [-0.25, -0.2) is 4.68 Å². The highest BCUT2D eigenvalue weighted by molar-refractivity contribution is 6.42. The Balaban J connectivity index is 1.71. The molecule has 0 saturated heterocycles. The third kappa shape index (κ3) is 3.05. The minimum Gasteiger partial charge on any atom is -0.328 e. The van der Waals surface area contributed by atoms with Crippen LogP contribution in [-0.4, -0.2) is 20.5 Å². The number of hydrogen-bond acceptors (Lipinski definition) is 4. The molecule has 0 radical (unpaired) electrons. The van der Waals surface area contributed by atoms with Crippen molar-refractivity contribution >= 4 is 34.9 Å². The fraction of sp³-hybridized carbons (Fsp3) is 0.227. The molecule has 1 aromatic heterocycles. The molecule has 1 unspecified atom stereocenters. The molecule has 29 heavy (non-hydrogen) atoms. The standard InChI is InChI=1S/C22H18Cl2N4O/c1-12-8-10-13(11-9-12)21-26-22-25-16-6-3-7-17(29)18(16)20(28(22)27-21)14-4-2-5-15(23)19(14)24/h2,4-5,8-11,20H,3,6-7H2,1H3,(H,25,26,27). The van der Waals surface area contributed by atoms with E-state index in [0.717, 1.165) is 29.7 Å². The van der Waals surface area contributed by atoms with Gasteiger partial charge in [0, 0.05) is 28.8 Å². The Morgan fingerprint density at radius 2 is 1.90 bits per heavy atom. The molecule has 0 saturated carbocycles. The van der Waals surface area contributed by atoms with Gasteiger partial charge in [0.2, 0.25) is 5.95 Å². The van der Waals surface area contributed by atoms with Crippen LogP contribution in [0.3, 0.4) is 0 Å². The Labute approximate surface area is 178 Å². The molecule has 0 spiro atoms. The molecule has 7 heteroatoms. The van der Waals surface area contributed by atoms with Gasteiger partial charge in [-0.2, -0.15) is 4.98 Å². The number of nitrogens with zero attached hydrogens (tertiary/aromatic N) is 3. The van der Waals surface area contributed by atoms with Gasteiger partial charge < -0.3 is 5.32 Å². The lowest BCUT2D eigenvalue weighted by Crippen LogP contribution is -2.31. The summed E-state index contributed by atoms with van der Waals surface area (Å²) in [5, 5.41) is 8.98. The molecule has 2 aliphatic rings. The van der Waals surface area contributed by atoms with E-state index in [1.807, 2.05) is 43.3 Å². The predicted molar refractivity (Wildman–Crippen MR) is 114 cm³/mol. The molecule has 1 aliphatic heterocycles. The van der Waals surface area contributed by atoms with Crippen molar-refractivity contribution in [1.29, 1.82) is 0 Å². The van der Waals surface area contributed by atoms with E-state index in [1.54, 1.807) is 10.7 Å². The molecule has 1 aliphatic carbocycles. The number of fused-ring (bicyclic) bond motifs is 1. The van der Waals surface area contributed by atoms with Crippen LogP contribution >= 0.6 is 23.2 Å². The number of halogens is 2. The molecule has 1 N–H and O–H groups in total. The van der Waals surface area contributed by atoms with E-state index < -0.39 is 6.04 Å². The lowest BCUT2D eigenvalue weighted by Gasteiger charge is -2.32. The summed E-state index contributed by atoms with van der Waals surface area (Å²) in [4.78, 5) is 17.6. The van der Waals surface area contributed by atoms with E-state index in [4.69, 9.17) is 33.3 Å². The number of ketones is 1. The summed E-state index contributed by atoms with van der Waals surface area (Å²) in [6.45, 7) is 2.04. The minimum atomic E-state index is -0.452. The van der Waals surface area contributed by atoms with Crippen LogP contribution in [-0.2, 0) is 4.79 Å². The fourth-order valence-corrected chi connectivity index (χ4v) is 4.41. The van der Waals surface area contributed by atoms with Crippen LogP contribution in [0.2, 0.25) is 10.0 Å². The van der Waals surface area contributed by atoms with Crippen molar-refractivity contribution in [3.8, 4) is 11.4 Å². The number of carbonyl (C=O) groups excluding carboxylic acids is 1. The summed E-state index contributed by atoms with van der Waals surface area (Å²) < 4.78 is 1.76. The zero-order valence-electron chi connectivity index (χ0n) is 15.7. The number of allylic oxidation sites excluding steroid dienone is 2. The van der Waals surface area contributed by atoms with Gasteiger partial charge in [0.05, 0.1) is 10.0 Å². The molecule has 0 bridgehead atoms. The molecular weight excluding hydrogens is 407 g/mol. The second-order valence-electron chi connectivity index (χ2n) is 7.41. The number of Topliss-reactive ketones (excluding diaryl/α,β-unsaturated/α-hetero) is 1. The van der Waals surface area contributed by atoms with Crippen molar-refractivity contribution in [2.75, 3.05) is 5.32 Å². The number of anilines is 1. The molecule has 5 nitrogen and oxygen atoms in total. The first-order valence-corrected chi connectivity index (χ1v) is 10.3. The number of nitrogens with one attached hydrogen (secondary N) is 1. The number of carbonyl (C=O) groups is 1. The zero-order valence-corrected chi connectivity index (χ0v) is 17.3. The number of rotatable bonds is 2. The number of aryl methyl sites for hydroxylation is 1. The molecule has 146 valence electrons. The molecule has 5 rings (SSSR count). The van der Waals surface area contributed by atoms with Gasteiger partial charge >= 0.3 is 0 Å². The van der Waals surface area contributed by atoms with Crippen molar-refractivity contribution in [2.24, 2.45) is 0 Å². The highest BCUT2D eigenvalue weighted by Crippen LogP contribution is 2.43. The van der Waals surface area contributed by atoms with Crippen molar-refractivity contribution < 1.29 is 4.79 Å². The van der Waals surface area contributed by atoms with Crippen molar-refractivity contribution in [2.45, 2.75) is 32.2 Å². The van der Waals surface area contributed by atoms with Crippen LogP contribution in [0.1, 0.15) is 36.4 Å². The summed E-state index contributed by atoms with van der Waals surface area (Å²) in [5.74, 6) is 1.32. The van der Waals surface area contributed by atoms with E-state index >= 15 is 0 Å². The van der Waals surface area contributed by atoms with Crippen molar-refractivity contribution in [3.63, 3.8) is 0 Å². The van der Waals surface area contributed by atoms with E-state index in [-0.39, 0.29) is 5.78 Å². The Morgan fingerprint density at radius 1 is 1.10 bits per heavy atom. The maximum Gasteiger partial charge on any atom is 0.226 e. The molecule has 2 heterocycles. The quantitative estimate of drug-likeness (QED) is 0.582. The monoisotopic (exact) mass is 424 g/mol. The first kappa shape index (κ1) is 18.4. The lowest BCUT2D eigenvalue weighted by atomic mass is 9.85. The maximum atomic E-state index is 12.9. The van der Waals surface area contributed by atoms with Gasteiger partial charge in [-0.05, 0) is 25.8 Å². The smallest absolute Gasteiger partial charge is 0.226 e. The van der Waals surface area contributed by atoms with Crippen LogP contribution in [0.5, 0.6) is 0 Å². The summed E-state index contributed by atoms with van der Waals surface area (Å²) in [5.41, 5.74) is 4.44. The van der Waals surface area contributed by atoms with Crippen LogP contribution in [0.4, 0.5) is 5.95 Å². The van der Waals surface area contributed by atoms with Gasteiger partial charge in [0.25, 0.3) is 0 Å². The zero-order chi connectivity index (χ0) is 20.1. The van der Waals surface area contributed by atoms with E-state index in [0.29, 0.717) is 33.8 Å². The molecule has 2 aromatic carbocycles. The molecular formula is C22H18Cl2N4O. The third-order valence-electron chi connectivity index (χ3n) is 5.45. The van der Waals surface area contributed by atoms with Gasteiger partial charge in [-0.15, -0.1) is 5.10 Å². The van der Waals surface area contributed by atoms with Crippen molar-refractivity contribution in [1.82, 2.24) is 14.8 Å². The van der Waals surface area contributed by atoms with E-state index in [2.05, 4.69) is 5.32 Å². The lowest BCUT2D eigenvalue weighted by molar-refractivity contribution is -0.116. The van der Waals surface area contributed by atoms with Crippen LogP contribution in [0, 0.1) is 6.92 Å². The average molecular weight is 425 g/mol. The topological polar surface area (TPSA) is 59.8 Å². The summed E-state index contributed by atoms with van der Waals surface area (Å²) in [7, 11) is 0. The summed E-state index contributed by atoms with van der Waals surface area (Å²) in [6.07, 6.45) is 2.13. The average Bonchev–Trinajstić information content (AvgIpc) is 3.13. The largest absolute Gasteiger partial charge is 0.328 e. The normalized spacial score (nSPS) is 18.3. The van der Waals surface area contributed by atoms with Gasteiger partial charge in [0.1, 0.15) is 6.04 Å². The number of aromatic nitrogens is 3. The molecule has 0 amide bonds. The maximum absolute atomic E-state index is 12.9. The third-order valence-corrected chi connectivity index (χ3v) is 6.29. The van der Waals surface area contributed by atoms with Gasteiger partial charge in [0.15, 0.2) is 11.6 Å². The Morgan fingerprint density at radius 3 is 2.69 bits per heavy atom. The molecule has 1 atom stereocenters. The Hall–Kier alpha value is -2.63. The predicted octanol–water partition coefficient (Wildman–Crippen LogP) is 5.58. The van der Waals surface area contributed by atoms with Gasteiger partial charge in [-0.3, -0.25) is 4.79 Å². The Bertz CT molecular complexity index is 1160. The number of hydrogen-bond donors (Lipinski definition) is 1. The van der Waals surface area contributed by atoms with Crippen LogP contribution in [0.25, 0.3) is 11.4 Å².